The maximum absolute atomic E-state index is 11.2. The summed E-state index contributed by atoms with van der Waals surface area (Å²) in [7, 11) is 0. The largest absolute Gasteiger partial charge is 0.392 e. The van der Waals surface area contributed by atoms with E-state index < -0.39 is 17.9 Å². The molecule has 82 valence electrons. The second-order valence-corrected chi connectivity index (χ2v) is 3.74. The third kappa shape index (κ3) is 4.05. The fourth-order valence-corrected chi connectivity index (χ4v) is 1.28. The lowest BCUT2D eigenvalue weighted by Crippen LogP contribution is -2.38. The van der Waals surface area contributed by atoms with Gasteiger partial charge in [-0.1, -0.05) is 0 Å². The molecule has 6 nitrogen and oxygen atoms in total. The van der Waals surface area contributed by atoms with Crippen molar-refractivity contribution in [3.05, 3.63) is 11.6 Å². The molecule has 0 aliphatic heterocycles. The third-order valence-electron chi connectivity index (χ3n) is 1.42. The third-order valence-corrected chi connectivity index (χ3v) is 2.11. The van der Waals surface area contributed by atoms with Crippen molar-refractivity contribution in [3.63, 3.8) is 0 Å². The summed E-state index contributed by atoms with van der Waals surface area (Å²) in [5.41, 5.74) is 0. The molecule has 0 saturated heterocycles. The Labute approximate surface area is 90.3 Å². The summed E-state index contributed by atoms with van der Waals surface area (Å²) in [5.74, 6) is -1.57. The topological polar surface area (TPSA) is 91.3 Å². The Balaban J connectivity index is 2.37. The fourth-order valence-electron chi connectivity index (χ4n) is 0.760. The highest BCUT2D eigenvalue weighted by Gasteiger charge is 2.14. The minimum Gasteiger partial charge on any atom is -0.392 e. The average Bonchev–Trinajstić information content (AvgIpc) is 2.66. The number of nitrogens with one attached hydrogen (secondary N) is 2. The molecule has 1 heterocycles. The number of thiazole rings is 1. The normalized spacial score (nSPS) is 11.9. The maximum Gasteiger partial charge on any atom is 0.315 e. The summed E-state index contributed by atoms with van der Waals surface area (Å²) in [6.07, 6.45) is 0.843. The van der Waals surface area contributed by atoms with Gasteiger partial charge in [0.05, 0.1) is 6.10 Å². The van der Waals surface area contributed by atoms with Gasteiger partial charge in [-0.2, -0.15) is 0 Å². The van der Waals surface area contributed by atoms with Crippen LogP contribution in [0.2, 0.25) is 0 Å². The number of carbonyl (C=O) groups is 2. The molecule has 0 bridgehead atoms. The molecule has 15 heavy (non-hydrogen) atoms. The number of anilines is 1. The molecule has 1 aromatic rings. The molecule has 1 aromatic heterocycles. The maximum atomic E-state index is 11.2. The highest BCUT2D eigenvalue weighted by atomic mass is 32.1. The first-order valence-corrected chi connectivity index (χ1v) is 5.14. The van der Waals surface area contributed by atoms with E-state index in [-0.39, 0.29) is 6.54 Å². The van der Waals surface area contributed by atoms with E-state index in [0.29, 0.717) is 5.13 Å². The molecule has 0 aromatic carbocycles. The van der Waals surface area contributed by atoms with Crippen LogP contribution >= 0.6 is 11.3 Å². The van der Waals surface area contributed by atoms with Crippen molar-refractivity contribution in [1.82, 2.24) is 10.3 Å². The Morgan fingerprint density at radius 3 is 2.87 bits per heavy atom. The SMILES string of the molecule is C[C@@H](O)CNC(=O)C(=O)Nc1nccs1. The zero-order valence-corrected chi connectivity index (χ0v) is 8.87. The van der Waals surface area contributed by atoms with Gasteiger partial charge in [0.15, 0.2) is 5.13 Å². The molecule has 0 spiro atoms. The van der Waals surface area contributed by atoms with E-state index in [1.54, 1.807) is 5.38 Å². The summed E-state index contributed by atoms with van der Waals surface area (Å²) in [5, 5.41) is 15.5. The van der Waals surface area contributed by atoms with Crippen molar-refractivity contribution in [2.24, 2.45) is 0 Å². The molecular weight excluding hydrogens is 218 g/mol. The lowest BCUT2D eigenvalue weighted by molar-refractivity contribution is -0.136. The van der Waals surface area contributed by atoms with Crippen LogP contribution in [-0.4, -0.2) is 34.6 Å². The predicted octanol–water partition coefficient (Wildman–Crippen LogP) is -0.421. The molecular formula is C8H11N3O3S. The van der Waals surface area contributed by atoms with Gasteiger partial charge in [-0.15, -0.1) is 11.3 Å². The van der Waals surface area contributed by atoms with Crippen molar-refractivity contribution in [1.29, 1.82) is 0 Å². The highest BCUT2D eigenvalue weighted by molar-refractivity contribution is 7.13. The zero-order valence-electron chi connectivity index (χ0n) is 8.06. The summed E-state index contributed by atoms with van der Waals surface area (Å²) in [6, 6.07) is 0. The molecule has 0 aliphatic carbocycles. The van der Waals surface area contributed by atoms with Gasteiger partial charge in [0, 0.05) is 18.1 Å². The molecule has 0 saturated carbocycles. The van der Waals surface area contributed by atoms with Crippen LogP contribution in [0.25, 0.3) is 0 Å². The van der Waals surface area contributed by atoms with E-state index in [1.807, 2.05) is 0 Å². The van der Waals surface area contributed by atoms with Crippen LogP contribution in [-0.2, 0) is 9.59 Å². The first-order valence-electron chi connectivity index (χ1n) is 4.26. The van der Waals surface area contributed by atoms with E-state index in [4.69, 9.17) is 5.11 Å². The Kier molecular flexibility index (Phi) is 4.19. The second-order valence-electron chi connectivity index (χ2n) is 2.85. The Bertz CT molecular complexity index is 337. The number of nitrogens with zero attached hydrogens (tertiary/aromatic N) is 1. The number of aromatic nitrogens is 1. The number of aliphatic hydroxyl groups is 1. The Morgan fingerprint density at radius 2 is 2.33 bits per heavy atom. The molecule has 1 atom stereocenters. The lowest BCUT2D eigenvalue weighted by Gasteiger charge is -2.05. The van der Waals surface area contributed by atoms with Gasteiger partial charge in [-0.05, 0) is 6.92 Å². The van der Waals surface area contributed by atoms with Crippen LogP contribution in [0.1, 0.15) is 6.92 Å². The fraction of sp³-hybridized carbons (Fsp3) is 0.375. The minimum absolute atomic E-state index is 0.0458. The van der Waals surface area contributed by atoms with Crippen molar-refractivity contribution in [2.75, 3.05) is 11.9 Å². The first kappa shape index (κ1) is 11.6. The zero-order chi connectivity index (χ0) is 11.3. The van der Waals surface area contributed by atoms with Gasteiger partial charge in [0.25, 0.3) is 0 Å². The van der Waals surface area contributed by atoms with Gasteiger partial charge in [0.1, 0.15) is 0 Å². The predicted molar refractivity (Wildman–Crippen MR) is 55.4 cm³/mol. The monoisotopic (exact) mass is 229 g/mol. The van der Waals surface area contributed by atoms with E-state index in [1.165, 1.54) is 24.5 Å². The summed E-state index contributed by atoms with van der Waals surface area (Å²) in [4.78, 5) is 26.1. The second kappa shape index (κ2) is 5.42. The van der Waals surface area contributed by atoms with E-state index in [9.17, 15) is 9.59 Å². The van der Waals surface area contributed by atoms with Gasteiger partial charge in [-0.25, -0.2) is 4.98 Å². The average molecular weight is 229 g/mol. The summed E-state index contributed by atoms with van der Waals surface area (Å²) < 4.78 is 0. The molecule has 7 heteroatoms. The number of rotatable bonds is 3. The van der Waals surface area contributed by atoms with Gasteiger partial charge < -0.3 is 10.4 Å². The first-order chi connectivity index (χ1) is 7.09. The number of hydrogen-bond acceptors (Lipinski definition) is 5. The molecule has 1 rings (SSSR count). The van der Waals surface area contributed by atoms with Crippen molar-refractivity contribution in [3.8, 4) is 0 Å². The van der Waals surface area contributed by atoms with Crippen LogP contribution < -0.4 is 10.6 Å². The van der Waals surface area contributed by atoms with Crippen LogP contribution in [0, 0.1) is 0 Å². The standard InChI is InChI=1S/C8H11N3O3S/c1-5(12)4-10-6(13)7(14)11-8-9-2-3-15-8/h2-3,5,12H,4H2,1H3,(H,10,13)(H,9,11,14)/t5-/m1/s1. The number of hydrogen-bond donors (Lipinski definition) is 3. The van der Waals surface area contributed by atoms with Crippen LogP contribution in [0.5, 0.6) is 0 Å². The number of carbonyl (C=O) groups excluding carboxylic acids is 2. The van der Waals surface area contributed by atoms with Gasteiger partial charge in [-0.3, -0.25) is 14.9 Å². The van der Waals surface area contributed by atoms with Crippen LogP contribution in [0.3, 0.4) is 0 Å². The van der Waals surface area contributed by atoms with Crippen LogP contribution in [0.4, 0.5) is 5.13 Å². The molecule has 0 unspecified atom stereocenters. The molecule has 0 radical (unpaired) electrons. The van der Waals surface area contributed by atoms with E-state index >= 15 is 0 Å². The summed E-state index contributed by atoms with van der Waals surface area (Å²) >= 11 is 1.22. The van der Waals surface area contributed by atoms with Crippen molar-refractivity contribution < 1.29 is 14.7 Å². The number of aliphatic hydroxyl groups excluding tert-OH is 1. The van der Waals surface area contributed by atoms with Crippen molar-refractivity contribution in [2.45, 2.75) is 13.0 Å². The van der Waals surface area contributed by atoms with E-state index in [2.05, 4.69) is 15.6 Å². The molecule has 0 aliphatic rings. The molecule has 3 N–H and O–H groups in total. The Morgan fingerprint density at radius 1 is 1.60 bits per heavy atom. The van der Waals surface area contributed by atoms with Crippen molar-refractivity contribution >= 4 is 28.3 Å². The summed E-state index contributed by atoms with van der Waals surface area (Å²) in [6.45, 7) is 1.56. The smallest absolute Gasteiger partial charge is 0.315 e. The van der Waals surface area contributed by atoms with E-state index in [0.717, 1.165) is 0 Å². The molecule has 0 fully saturated rings. The quantitative estimate of drug-likeness (QED) is 0.614. The molecule has 2 amide bonds. The lowest BCUT2D eigenvalue weighted by atomic mass is 10.4. The minimum atomic E-state index is -0.786. The van der Waals surface area contributed by atoms with Gasteiger partial charge in [0.2, 0.25) is 0 Å². The van der Waals surface area contributed by atoms with Crippen LogP contribution in [0.15, 0.2) is 11.6 Å². The van der Waals surface area contributed by atoms with Gasteiger partial charge >= 0.3 is 11.8 Å². The Hall–Kier alpha value is -1.47. The highest BCUT2D eigenvalue weighted by Crippen LogP contribution is 2.09. The number of amides is 2.